The number of hydrogen-bond acceptors (Lipinski definition) is 1. The predicted molar refractivity (Wildman–Crippen MR) is 89.4 cm³/mol. The van der Waals surface area contributed by atoms with Gasteiger partial charge in [-0.1, -0.05) is 34.1 Å². The zero-order valence-corrected chi connectivity index (χ0v) is 13.2. The first-order valence-electron chi connectivity index (χ1n) is 6.72. The number of nitrogens with zero attached hydrogens (tertiary/aromatic N) is 1. The van der Waals surface area contributed by atoms with Gasteiger partial charge in [0.05, 0.1) is 6.42 Å². The minimum atomic E-state index is -0.00586. The van der Waals surface area contributed by atoms with E-state index in [0.29, 0.717) is 6.42 Å². The maximum absolute atomic E-state index is 12.2. The van der Waals surface area contributed by atoms with Crippen LogP contribution in [0, 0.1) is 0 Å². The molecule has 1 heterocycles. The Kier molecular flexibility index (Phi) is 3.80. The van der Waals surface area contributed by atoms with Gasteiger partial charge in [-0.05, 0) is 35.9 Å². The third kappa shape index (κ3) is 3.00. The van der Waals surface area contributed by atoms with Gasteiger partial charge in [0, 0.05) is 34.3 Å². The molecule has 0 bridgehead atoms. The van der Waals surface area contributed by atoms with Crippen molar-refractivity contribution in [1.82, 2.24) is 4.57 Å². The Morgan fingerprint density at radius 1 is 1.14 bits per heavy atom. The first-order chi connectivity index (χ1) is 10.1. The lowest BCUT2D eigenvalue weighted by molar-refractivity contribution is -0.115. The van der Waals surface area contributed by atoms with Crippen LogP contribution in [0.4, 0.5) is 5.69 Å². The third-order valence-electron chi connectivity index (χ3n) is 3.46. The highest BCUT2D eigenvalue weighted by atomic mass is 79.9. The monoisotopic (exact) mass is 342 g/mol. The average molecular weight is 343 g/mol. The SMILES string of the molecule is Cn1cc(CC(=O)Nc2ccc(Br)cc2)c2ccccc21. The van der Waals surface area contributed by atoms with E-state index < -0.39 is 0 Å². The molecule has 106 valence electrons. The Hall–Kier alpha value is -2.07. The summed E-state index contributed by atoms with van der Waals surface area (Å²) in [6.45, 7) is 0. The molecule has 0 unspecified atom stereocenters. The summed E-state index contributed by atoms with van der Waals surface area (Å²) in [7, 11) is 2.00. The third-order valence-corrected chi connectivity index (χ3v) is 3.99. The lowest BCUT2D eigenvalue weighted by Gasteiger charge is -2.04. The van der Waals surface area contributed by atoms with Gasteiger partial charge in [-0.3, -0.25) is 4.79 Å². The summed E-state index contributed by atoms with van der Waals surface area (Å²) in [4.78, 5) is 12.2. The Labute approximate surface area is 131 Å². The fraction of sp³-hybridized carbons (Fsp3) is 0.118. The molecule has 0 spiro atoms. The molecular formula is C17H15BrN2O. The van der Waals surface area contributed by atoms with Gasteiger partial charge in [-0.25, -0.2) is 0 Å². The van der Waals surface area contributed by atoms with E-state index in [2.05, 4.69) is 37.9 Å². The van der Waals surface area contributed by atoms with Gasteiger partial charge in [0.25, 0.3) is 0 Å². The zero-order valence-electron chi connectivity index (χ0n) is 11.6. The molecule has 2 aromatic carbocycles. The van der Waals surface area contributed by atoms with Gasteiger partial charge >= 0.3 is 0 Å². The molecule has 1 amide bonds. The molecule has 1 N–H and O–H groups in total. The number of hydrogen-bond donors (Lipinski definition) is 1. The summed E-state index contributed by atoms with van der Waals surface area (Å²) in [5, 5.41) is 4.05. The second-order valence-corrected chi connectivity index (χ2v) is 5.93. The van der Waals surface area contributed by atoms with Crippen molar-refractivity contribution in [3.63, 3.8) is 0 Å². The van der Waals surface area contributed by atoms with Gasteiger partial charge in [0.1, 0.15) is 0 Å². The summed E-state index contributed by atoms with van der Waals surface area (Å²) in [6.07, 6.45) is 2.39. The highest BCUT2D eigenvalue weighted by Crippen LogP contribution is 2.21. The molecule has 4 heteroatoms. The molecule has 0 atom stereocenters. The van der Waals surface area contributed by atoms with Crippen LogP contribution in [0.2, 0.25) is 0 Å². The number of rotatable bonds is 3. The molecule has 3 rings (SSSR count). The number of benzene rings is 2. The molecule has 0 aliphatic heterocycles. The summed E-state index contributed by atoms with van der Waals surface area (Å²) in [5.41, 5.74) is 3.00. The standard InChI is InChI=1S/C17H15BrN2O/c1-20-11-12(15-4-2-3-5-16(15)20)10-17(21)19-14-8-6-13(18)7-9-14/h2-9,11H,10H2,1H3,(H,19,21). The van der Waals surface area contributed by atoms with Crippen molar-refractivity contribution >= 4 is 38.4 Å². The minimum absolute atomic E-state index is 0.00586. The number of carbonyl (C=O) groups is 1. The molecular weight excluding hydrogens is 328 g/mol. The van der Waals surface area contributed by atoms with E-state index >= 15 is 0 Å². The predicted octanol–water partition coefficient (Wildman–Crippen LogP) is 4.12. The minimum Gasteiger partial charge on any atom is -0.350 e. The first-order valence-corrected chi connectivity index (χ1v) is 7.51. The number of nitrogens with one attached hydrogen (secondary N) is 1. The maximum atomic E-state index is 12.2. The Morgan fingerprint density at radius 3 is 2.62 bits per heavy atom. The number of halogens is 1. The summed E-state index contributed by atoms with van der Waals surface area (Å²) >= 11 is 3.38. The lowest BCUT2D eigenvalue weighted by Crippen LogP contribution is -2.14. The van der Waals surface area contributed by atoms with E-state index in [-0.39, 0.29) is 5.91 Å². The van der Waals surface area contributed by atoms with Crippen molar-refractivity contribution in [2.45, 2.75) is 6.42 Å². The normalized spacial score (nSPS) is 10.8. The highest BCUT2D eigenvalue weighted by Gasteiger charge is 2.10. The van der Waals surface area contributed by atoms with Crippen molar-refractivity contribution in [2.24, 2.45) is 7.05 Å². The van der Waals surface area contributed by atoms with E-state index in [0.717, 1.165) is 26.6 Å². The smallest absolute Gasteiger partial charge is 0.228 e. The lowest BCUT2D eigenvalue weighted by atomic mass is 10.1. The molecule has 0 saturated carbocycles. The fourth-order valence-electron chi connectivity index (χ4n) is 2.48. The summed E-state index contributed by atoms with van der Waals surface area (Å²) < 4.78 is 3.05. The van der Waals surface area contributed by atoms with Crippen molar-refractivity contribution in [3.05, 3.63) is 64.8 Å². The Morgan fingerprint density at radius 2 is 1.86 bits per heavy atom. The molecule has 0 saturated heterocycles. The first kappa shape index (κ1) is 13.9. The molecule has 0 fully saturated rings. The van der Waals surface area contributed by atoms with Gasteiger partial charge in [0.2, 0.25) is 5.91 Å². The molecule has 1 aromatic heterocycles. The largest absolute Gasteiger partial charge is 0.350 e. The average Bonchev–Trinajstić information content (AvgIpc) is 2.78. The number of aromatic nitrogens is 1. The van der Waals surface area contributed by atoms with Crippen LogP contribution in [-0.4, -0.2) is 10.5 Å². The Balaban J connectivity index is 1.79. The molecule has 0 aliphatic carbocycles. The van der Waals surface area contributed by atoms with Crippen LogP contribution in [0.5, 0.6) is 0 Å². The van der Waals surface area contributed by atoms with Crippen molar-refractivity contribution in [2.75, 3.05) is 5.32 Å². The van der Waals surface area contributed by atoms with E-state index in [9.17, 15) is 4.79 Å². The van der Waals surface area contributed by atoms with Crippen LogP contribution >= 0.6 is 15.9 Å². The van der Waals surface area contributed by atoms with Crippen LogP contribution in [0.25, 0.3) is 10.9 Å². The number of carbonyl (C=O) groups excluding carboxylic acids is 1. The van der Waals surface area contributed by atoms with Gasteiger partial charge < -0.3 is 9.88 Å². The van der Waals surface area contributed by atoms with Crippen LogP contribution in [-0.2, 0) is 18.3 Å². The highest BCUT2D eigenvalue weighted by molar-refractivity contribution is 9.10. The summed E-state index contributed by atoms with van der Waals surface area (Å²) in [5.74, 6) is -0.00586. The molecule has 3 aromatic rings. The van der Waals surface area contributed by atoms with E-state index in [1.807, 2.05) is 49.6 Å². The van der Waals surface area contributed by atoms with E-state index in [4.69, 9.17) is 0 Å². The second kappa shape index (κ2) is 5.74. The fourth-order valence-corrected chi connectivity index (χ4v) is 2.74. The van der Waals surface area contributed by atoms with Crippen molar-refractivity contribution < 1.29 is 4.79 Å². The molecule has 0 radical (unpaired) electrons. The zero-order chi connectivity index (χ0) is 14.8. The second-order valence-electron chi connectivity index (χ2n) is 5.01. The quantitative estimate of drug-likeness (QED) is 0.763. The topological polar surface area (TPSA) is 34.0 Å². The number of para-hydroxylation sites is 1. The van der Waals surface area contributed by atoms with Crippen LogP contribution in [0.1, 0.15) is 5.56 Å². The number of fused-ring (bicyclic) bond motifs is 1. The van der Waals surface area contributed by atoms with Crippen LogP contribution < -0.4 is 5.32 Å². The van der Waals surface area contributed by atoms with E-state index in [1.165, 1.54) is 0 Å². The van der Waals surface area contributed by atoms with Gasteiger partial charge in [-0.2, -0.15) is 0 Å². The van der Waals surface area contributed by atoms with E-state index in [1.54, 1.807) is 0 Å². The van der Waals surface area contributed by atoms with Crippen LogP contribution in [0.3, 0.4) is 0 Å². The molecule has 21 heavy (non-hydrogen) atoms. The van der Waals surface area contributed by atoms with Gasteiger partial charge in [-0.15, -0.1) is 0 Å². The van der Waals surface area contributed by atoms with Crippen molar-refractivity contribution in [3.8, 4) is 0 Å². The van der Waals surface area contributed by atoms with Gasteiger partial charge in [0.15, 0.2) is 0 Å². The number of amides is 1. The maximum Gasteiger partial charge on any atom is 0.228 e. The number of anilines is 1. The molecule has 3 nitrogen and oxygen atoms in total. The summed E-state index contributed by atoms with van der Waals surface area (Å²) in [6, 6.07) is 15.7. The number of aryl methyl sites for hydroxylation is 1. The Bertz CT molecular complexity index is 790. The molecule has 0 aliphatic rings. The van der Waals surface area contributed by atoms with Crippen molar-refractivity contribution in [1.29, 1.82) is 0 Å². The van der Waals surface area contributed by atoms with Crippen LogP contribution in [0.15, 0.2) is 59.2 Å².